The van der Waals surface area contributed by atoms with E-state index in [1.807, 2.05) is 24.3 Å². The Morgan fingerprint density at radius 3 is 1.15 bits per heavy atom. The third-order valence-electron chi connectivity index (χ3n) is 14.2. The summed E-state index contributed by atoms with van der Waals surface area (Å²) in [4.78, 5) is 19.7. The number of likely N-dealkylation sites (tertiary alicyclic amines) is 2. The van der Waals surface area contributed by atoms with Crippen LogP contribution in [0, 0.1) is 0 Å². The average Bonchev–Trinajstić information content (AvgIpc) is 3.35. The Kier molecular flexibility index (Phi) is 15.8. The fraction of sp³-hybridized carbons (Fsp3) is 0.444. The van der Waals surface area contributed by atoms with E-state index >= 15 is 0 Å². The van der Waals surface area contributed by atoms with Gasteiger partial charge in [-0.25, -0.2) is 9.97 Å². The van der Waals surface area contributed by atoms with Gasteiger partial charge in [0.25, 0.3) is 0 Å². The zero-order valence-electron chi connectivity index (χ0n) is 38.9. The van der Waals surface area contributed by atoms with E-state index < -0.39 is 0 Å². The average molecular weight is 928 g/mol. The lowest BCUT2D eigenvalue weighted by Gasteiger charge is -2.38. The molecule has 6 aromatic rings. The highest BCUT2D eigenvalue weighted by molar-refractivity contribution is 6.30. The normalized spacial score (nSPS) is 18.7. The van der Waals surface area contributed by atoms with Crippen molar-refractivity contribution in [1.29, 1.82) is 0 Å². The van der Waals surface area contributed by atoms with Gasteiger partial charge in [-0.15, -0.1) is 0 Å². The lowest BCUT2D eigenvalue weighted by molar-refractivity contribution is 0.217. The molecule has 0 spiro atoms. The number of fused-ring (bicyclic) bond motifs is 2. The van der Waals surface area contributed by atoms with Crippen molar-refractivity contribution in [3.8, 4) is 0 Å². The van der Waals surface area contributed by atoms with Crippen molar-refractivity contribution in [1.82, 2.24) is 30.4 Å². The number of piperidine rings is 4. The molecule has 10 nitrogen and oxygen atoms in total. The zero-order chi connectivity index (χ0) is 45.2. The van der Waals surface area contributed by atoms with E-state index in [4.69, 9.17) is 33.2 Å². The molecule has 4 aliphatic heterocycles. The second-order valence-electron chi connectivity index (χ2n) is 19.1. The molecule has 0 unspecified atom stereocenters. The van der Waals surface area contributed by atoms with Crippen molar-refractivity contribution in [2.24, 2.45) is 0 Å². The molecule has 4 fully saturated rings. The number of nitrogens with one attached hydrogen (secondary N) is 4. The highest BCUT2D eigenvalue weighted by Gasteiger charge is 2.27. The molecule has 6 heterocycles. The quantitative estimate of drug-likeness (QED) is 0.0952. The first kappa shape index (κ1) is 46.4. The second-order valence-corrected chi connectivity index (χ2v) is 19.9. The summed E-state index contributed by atoms with van der Waals surface area (Å²) in [5.41, 5.74) is 7.04. The number of rotatable bonds is 12. The number of hydrogen-bond acceptors (Lipinski definition) is 10. The van der Waals surface area contributed by atoms with Crippen molar-refractivity contribution in [2.75, 3.05) is 86.9 Å². The van der Waals surface area contributed by atoms with Crippen LogP contribution in [0.1, 0.15) is 62.5 Å². The lowest BCUT2D eigenvalue weighted by Crippen LogP contribution is -2.49. The molecular formula is C54H68Cl2N10. The summed E-state index contributed by atoms with van der Waals surface area (Å²) in [5.74, 6) is 1.84. The molecule has 4 aromatic carbocycles. The van der Waals surface area contributed by atoms with Gasteiger partial charge in [-0.05, 0) is 139 Å². The maximum Gasteiger partial charge on any atom is 0.129 e. The van der Waals surface area contributed by atoms with Gasteiger partial charge >= 0.3 is 0 Å². The van der Waals surface area contributed by atoms with Gasteiger partial charge in [0.2, 0.25) is 0 Å². The van der Waals surface area contributed by atoms with Gasteiger partial charge in [-0.2, -0.15) is 0 Å². The van der Waals surface area contributed by atoms with Crippen molar-refractivity contribution in [2.45, 2.75) is 88.6 Å². The number of aromatic nitrogens is 2. The van der Waals surface area contributed by atoms with E-state index in [1.54, 1.807) is 0 Å². The van der Waals surface area contributed by atoms with Crippen LogP contribution < -0.4 is 31.1 Å². The highest BCUT2D eigenvalue weighted by atomic mass is 35.5. The van der Waals surface area contributed by atoms with Gasteiger partial charge in [-0.3, -0.25) is 0 Å². The Hall–Kier alpha value is -4.68. The summed E-state index contributed by atoms with van der Waals surface area (Å²) >= 11 is 12.1. The SMILES string of the molecule is CN1CCC(NC2CCN(c3cc(NCc4ccc(Cl)cc4)nc4ccccc34)CC2)CC1.CN1CCC(NC2CCN(c3cc(NCc4ccc(Cl)cc4)nc4ccccc34)CC2)CC1. The molecule has 0 radical (unpaired) electrons. The Bertz CT molecular complexity index is 2280. The molecular weight excluding hydrogens is 860 g/mol. The molecule has 4 N–H and O–H groups in total. The van der Waals surface area contributed by atoms with Crippen LogP contribution in [0.15, 0.2) is 109 Å². The van der Waals surface area contributed by atoms with Crippen LogP contribution in [-0.4, -0.2) is 110 Å². The van der Waals surface area contributed by atoms with Crippen molar-refractivity contribution >= 4 is 68.0 Å². The molecule has 348 valence electrons. The number of anilines is 4. The molecule has 4 saturated heterocycles. The fourth-order valence-electron chi connectivity index (χ4n) is 10.2. The maximum absolute atomic E-state index is 6.03. The van der Waals surface area contributed by atoms with Gasteiger partial charge < -0.3 is 40.9 Å². The number of pyridine rings is 2. The summed E-state index contributed by atoms with van der Waals surface area (Å²) < 4.78 is 0. The number of benzene rings is 4. The minimum absolute atomic E-state index is 0.630. The van der Waals surface area contributed by atoms with Gasteiger partial charge in [0, 0.05) is 108 Å². The third kappa shape index (κ3) is 12.4. The van der Waals surface area contributed by atoms with Crippen LogP contribution in [-0.2, 0) is 13.1 Å². The number of hydrogen-bond donors (Lipinski definition) is 4. The molecule has 12 heteroatoms. The highest BCUT2D eigenvalue weighted by Crippen LogP contribution is 2.33. The summed E-state index contributed by atoms with van der Waals surface area (Å²) in [6.07, 6.45) is 9.85. The molecule has 0 aliphatic carbocycles. The molecule has 10 rings (SSSR count). The van der Waals surface area contributed by atoms with E-state index in [0.29, 0.717) is 24.2 Å². The molecule has 0 bridgehead atoms. The van der Waals surface area contributed by atoms with Crippen LogP contribution in [0.5, 0.6) is 0 Å². The largest absolute Gasteiger partial charge is 0.371 e. The molecule has 0 saturated carbocycles. The molecule has 4 aliphatic rings. The molecule has 0 amide bonds. The van der Waals surface area contributed by atoms with E-state index in [9.17, 15) is 0 Å². The smallest absolute Gasteiger partial charge is 0.129 e. The monoisotopic (exact) mass is 927 g/mol. The maximum atomic E-state index is 6.03. The van der Waals surface area contributed by atoms with Crippen LogP contribution in [0.25, 0.3) is 21.8 Å². The zero-order valence-corrected chi connectivity index (χ0v) is 40.4. The van der Waals surface area contributed by atoms with Gasteiger partial charge in [0.05, 0.1) is 11.0 Å². The Morgan fingerprint density at radius 1 is 0.455 bits per heavy atom. The van der Waals surface area contributed by atoms with E-state index in [0.717, 1.165) is 72.0 Å². The predicted octanol–water partition coefficient (Wildman–Crippen LogP) is 10.3. The van der Waals surface area contributed by atoms with Crippen LogP contribution in [0.4, 0.5) is 23.0 Å². The minimum atomic E-state index is 0.630. The predicted molar refractivity (Wildman–Crippen MR) is 279 cm³/mol. The first-order valence-corrected chi connectivity index (χ1v) is 25.2. The number of para-hydroxylation sites is 2. The first-order chi connectivity index (χ1) is 32.3. The standard InChI is InChI=1S/2C27H34ClN5/c2*1-32-14-10-22(11-15-32)30-23-12-16-33(17-13-23)26-18-27(31-25-5-3-2-4-24(25)26)29-19-20-6-8-21(28)9-7-20/h2*2-9,18,22-23,30H,10-17,19H2,1H3,(H,29,31). The van der Waals surface area contributed by atoms with Crippen LogP contribution in [0.3, 0.4) is 0 Å². The van der Waals surface area contributed by atoms with Gasteiger partial charge in [0.1, 0.15) is 11.6 Å². The van der Waals surface area contributed by atoms with Crippen molar-refractivity contribution in [3.05, 3.63) is 130 Å². The summed E-state index contributed by atoms with van der Waals surface area (Å²) in [6.45, 7) is 10.6. The fourth-order valence-corrected chi connectivity index (χ4v) is 10.5. The van der Waals surface area contributed by atoms with Gasteiger partial charge in [0.15, 0.2) is 0 Å². The Morgan fingerprint density at radius 2 is 0.788 bits per heavy atom. The topological polar surface area (TPSA) is 86.9 Å². The van der Waals surface area contributed by atoms with E-state index in [-0.39, 0.29) is 0 Å². The summed E-state index contributed by atoms with van der Waals surface area (Å²) in [7, 11) is 4.46. The Balaban J connectivity index is 0.000000166. The summed E-state index contributed by atoms with van der Waals surface area (Å²) in [6, 6.07) is 40.0. The number of nitrogens with zero attached hydrogens (tertiary/aromatic N) is 6. The Labute approximate surface area is 402 Å². The lowest BCUT2D eigenvalue weighted by atomic mass is 9.99. The molecule has 0 atom stereocenters. The van der Waals surface area contributed by atoms with Crippen molar-refractivity contribution < 1.29 is 0 Å². The number of halogens is 2. The third-order valence-corrected chi connectivity index (χ3v) is 14.7. The van der Waals surface area contributed by atoms with E-state index in [1.165, 1.54) is 111 Å². The van der Waals surface area contributed by atoms with Gasteiger partial charge in [-0.1, -0.05) is 83.9 Å². The molecule has 66 heavy (non-hydrogen) atoms. The first-order valence-electron chi connectivity index (χ1n) is 24.4. The van der Waals surface area contributed by atoms with Crippen LogP contribution in [0.2, 0.25) is 10.0 Å². The summed E-state index contributed by atoms with van der Waals surface area (Å²) in [5, 5.41) is 18.9. The molecule has 2 aromatic heterocycles. The second kappa shape index (κ2) is 22.4. The van der Waals surface area contributed by atoms with Crippen molar-refractivity contribution in [3.63, 3.8) is 0 Å². The van der Waals surface area contributed by atoms with E-state index in [2.05, 4.69) is 140 Å². The minimum Gasteiger partial charge on any atom is -0.371 e. The van der Waals surface area contributed by atoms with Crippen LogP contribution >= 0.6 is 23.2 Å².